The van der Waals surface area contributed by atoms with Gasteiger partial charge >= 0.3 is 0 Å². The van der Waals surface area contributed by atoms with Crippen LogP contribution in [0.1, 0.15) is 37.3 Å². The number of rotatable bonds is 2. The topological polar surface area (TPSA) is 77.8 Å². The van der Waals surface area contributed by atoms with Crippen LogP contribution in [-0.4, -0.2) is 36.8 Å². The van der Waals surface area contributed by atoms with E-state index in [1.807, 2.05) is 31.2 Å². The summed E-state index contributed by atoms with van der Waals surface area (Å²) in [5, 5.41) is 11.1. The number of nitrogens with one attached hydrogen (secondary N) is 2. The molecule has 1 aromatic carbocycles. The zero-order chi connectivity index (χ0) is 17.3. The highest BCUT2D eigenvalue weighted by Crippen LogP contribution is 2.31. The van der Waals surface area contributed by atoms with Crippen molar-refractivity contribution in [2.75, 3.05) is 14.2 Å². The largest absolute Gasteiger partial charge is 0.484 e. The Balaban J connectivity index is 1.94. The van der Waals surface area contributed by atoms with Crippen LogP contribution >= 0.6 is 0 Å². The second-order valence-electron chi connectivity index (χ2n) is 6.35. The smallest absolute Gasteiger partial charge is 0.231 e. The molecule has 0 aliphatic carbocycles. The number of hydrogen-bond donors (Lipinski definition) is 2. The molecule has 24 heavy (non-hydrogen) atoms. The third-order valence-electron chi connectivity index (χ3n) is 4.58. The van der Waals surface area contributed by atoms with Gasteiger partial charge in [-0.2, -0.15) is 0 Å². The third kappa shape index (κ3) is 2.91. The molecule has 1 amide bonds. The standard InChI is InChI=1S/C18H22N4O2/c1-18(11-16(23)22(2)17(19)21-18)13-7-4-6-12(10-13)14-8-5-9-15(20-14)24-3/h4,6-8,10H,5,9,11H2,1-3H3,(H2,19,21)/t18-/m0/s1. The molecule has 0 unspecified atom stereocenters. The summed E-state index contributed by atoms with van der Waals surface area (Å²) in [7, 11) is 3.25. The number of amides is 1. The van der Waals surface area contributed by atoms with E-state index >= 15 is 0 Å². The van der Waals surface area contributed by atoms with Crippen LogP contribution in [0, 0.1) is 5.41 Å². The average Bonchev–Trinajstić information content (AvgIpc) is 2.60. The summed E-state index contributed by atoms with van der Waals surface area (Å²) >= 11 is 0. The van der Waals surface area contributed by atoms with Crippen LogP contribution in [-0.2, 0) is 15.1 Å². The first kappa shape index (κ1) is 16.2. The Kier molecular flexibility index (Phi) is 4.13. The van der Waals surface area contributed by atoms with E-state index in [-0.39, 0.29) is 11.9 Å². The van der Waals surface area contributed by atoms with E-state index in [1.165, 1.54) is 4.90 Å². The highest BCUT2D eigenvalue weighted by Gasteiger charge is 2.37. The van der Waals surface area contributed by atoms with Crippen molar-refractivity contribution in [3.8, 4) is 0 Å². The number of methoxy groups -OCH3 is 1. The molecule has 0 spiro atoms. The molecule has 1 atom stereocenters. The number of ether oxygens (including phenoxy) is 1. The van der Waals surface area contributed by atoms with Crippen LogP contribution in [0.3, 0.4) is 0 Å². The minimum absolute atomic E-state index is 0.0665. The maximum absolute atomic E-state index is 12.2. The normalized spacial score (nSPS) is 24.2. The minimum Gasteiger partial charge on any atom is -0.484 e. The number of carbonyl (C=O) groups is 1. The maximum atomic E-state index is 12.2. The minimum atomic E-state index is -0.598. The Morgan fingerprint density at radius 2 is 2.21 bits per heavy atom. The van der Waals surface area contributed by atoms with E-state index in [2.05, 4.69) is 16.4 Å². The van der Waals surface area contributed by atoms with Gasteiger partial charge in [-0.15, -0.1) is 0 Å². The van der Waals surface area contributed by atoms with Gasteiger partial charge in [-0.05, 0) is 25.0 Å². The van der Waals surface area contributed by atoms with Crippen molar-refractivity contribution in [3.63, 3.8) is 0 Å². The summed E-state index contributed by atoms with van der Waals surface area (Å²) in [6, 6.07) is 7.98. The molecule has 6 heteroatoms. The molecule has 2 aliphatic heterocycles. The molecule has 1 fully saturated rings. The van der Waals surface area contributed by atoms with Crippen LogP contribution in [0.5, 0.6) is 0 Å². The molecular formula is C18H22N4O2. The lowest BCUT2D eigenvalue weighted by Crippen LogP contribution is -2.58. The van der Waals surface area contributed by atoms with Gasteiger partial charge in [-0.1, -0.05) is 24.3 Å². The van der Waals surface area contributed by atoms with Gasteiger partial charge in [-0.25, -0.2) is 4.99 Å². The molecule has 0 aromatic heterocycles. The molecule has 6 nitrogen and oxygen atoms in total. The summed E-state index contributed by atoms with van der Waals surface area (Å²) < 4.78 is 5.27. The van der Waals surface area contributed by atoms with Gasteiger partial charge in [0.15, 0.2) is 11.9 Å². The first-order chi connectivity index (χ1) is 11.4. The highest BCUT2D eigenvalue weighted by atomic mass is 16.5. The lowest BCUT2D eigenvalue weighted by molar-refractivity contribution is -0.129. The molecule has 2 aliphatic rings. The number of benzene rings is 1. The lowest BCUT2D eigenvalue weighted by Gasteiger charge is -2.39. The number of hydrogen-bond acceptors (Lipinski definition) is 4. The number of nitrogens with zero attached hydrogens (tertiary/aromatic N) is 2. The van der Waals surface area contributed by atoms with Crippen molar-refractivity contribution in [1.82, 2.24) is 10.2 Å². The summed E-state index contributed by atoms with van der Waals surface area (Å²) in [4.78, 5) is 18.0. The lowest BCUT2D eigenvalue weighted by atomic mass is 9.85. The Morgan fingerprint density at radius 1 is 1.42 bits per heavy atom. The molecule has 0 radical (unpaired) electrons. The molecule has 126 valence electrons. The fourth-order valence-corrected chi connectivity index (χ4v) is 3.03. The molecule has 1 aromatic rings. The van der Waals surface area contributed by atoms with Gasteiger partial charge in [0.25, 0.3) is 0 Å². The number of aliphatic imine (C=N–C) groups is 1. The van der Waals surface area contributed by atoms with Gasteiger partial charge < -0.3 is 10.1 Å². The number of guanidine groups is 1. The fraction of sp³-hybridized carbons (Fsp3) is 0.389. The van der Waals surface area contributed by atoms with E-state index in [0.717, 1.165) is 35.6 Å². The number of carbonyl (C=O) groups excluding carboxylic acids is 1. The van der Waals surface area contributed by atoms with Gasteiger partial charge in [0.05, 0.1) is 24.8 Å². The average molecular weight is 326 g/mol. The van der Waals surface area contributed by atoms with Crippen molar-refractivity contribution in [1.29, 1.82) is 5.41 Å². The van der Waals surface area contributed by atoms with Crippen molar-refractivity contribution in [3.05, 3.63) is 41.5 Å². The zero-order valence-electron chi connectivity index (χ0n) is 14.2. The van der Waals surface area contributed by atoms with Crippen LogP contribution in [0.4, 0.5) is 0 Å². The SMILES string of the molecule is COC1=NC(c2cccc([C@]3(C)CC(=O)N(C)C(=N)N3)c2)=CCC1. The van der Waals surface area contributed by atoms with Gasteiger partial charge in [0.1, 0.15) is 0 Å². The summed E-state index contributed by atoms with van der Waals surface area (Å²) in [6.45, 7) is 1.95. The predicted octanol–water partition coefficient (Wildman–Crippen LogP) is 2.47. The van der Waals surface area contributed by atoms with E-state index in [0.29, 0.717) is 6.42 Å². The van der Waals surface area contributed by atoms with Crippen LogP contribution in [0.2, 0.25) is 0 Å². The molecule has 3 rings (SSSR count). The monoisotopic (exact) mass is 326 g/mol. The number of allylic oxidation sites excluding steroid dienone is 1. The molecule has 1 saturated heterocycles. The van der Waals surface area contributed by atoms with Crippen molar-refractivity contribution in [2.45, 2.75) is 31.7 Å². The van der Waals surface area contributed by atoms with Crippen molar-refractivity contribution >= 4 is 23.5 Å². The Bertz CT molecular complexity index is 733. The van der Waals surface area contributed by atoms with Crippen LogP contribution < -0.4 is 5.32 Å². The van der Waals surface area contributed by atoms with E-state index < -0.39 is 5.54 Å². The Labute approximate surface area is 141 Å². The summed E-state index contributed by atoms with van der Waals surface area (Å²) in [5.74, 6) is 0.789. The quantitative estimate of drug-likeness (QED) is 0.876. The zero-order valence-corrected chi connectivity index (χ0v) is 14.2. The molecule has 0 saturated carbocycles. The van der Waals surface area contributed by atoms with Gasteiger partial charge in [0, 0.05) is 19.0 Å². The Morgan fingerprint density at radius 3 is 2.92 bits per heavy atom. The fourth-order valence-electron chi connectivity index (χ4n) is 3.03. The predicted molar refractivity (Wildman–Crippen MR) is 93.7 cm³/mol. The summed E-state index contributed by atoms with van der Waals surface area (Å²) in [5.41, 5.74) is 2.24. The second kappa shape index (κ2) is 6.11. The summed E-state index contributed by atoms with van der Waals surface area (Å²) in [6.07, 6.45) is 4.12. The van der Waals surface area contributed by atoms with E-state index in [1.54, 1.807) is 14.2 Å². The molecule has 2 heterocycles. The third-order valence-corrected chi connectivity index (χ3v) is 4.58. The molecule has 0 bridgehead atoms. The maximum Gasteiger partial charge on any atom is 0.231 e. The van der Waals surface area contributed by atoms with Gasteiger partial charge in [0.2, 0.25) is 5.91 Å². The molecular weight excluding hydrogens is 304 g/mol. The first-order valence-electron chi connectivity index (χ1n) is 7.99. The second-order valence-corrected chi connectivity index (χ2v) is 6.35. The van der Waals surface area contributed by atoms with E-state index in [9.17, 15) is 4.79 Å². The highest BCUT2D eigenvalue weighted by molar-refractivity contribution is 5.99. The first-order valence-corrected chi connectivity index (χ1v) is 7.99. The van der Waals surface area contributed by atoms with Crippen LogP contribution in [0.15, 0.2) is 35.3 Å². The van der Waals surface area contributed by atoms with Crippen molar-refractivity contribution in [2.24, 2.45) is 4.99 Å². The van der Waals surface area contributed by atoms with E-state index in [4.69, 9.17) is 10.1 Å². The Hall–Kier alpha value is -2.63. The van der Waals surface area contributed by atoms with Gasteiger partial charge in [-0.3, -0.25) is 15.1 Å². The molecule has 2 N–H and O–H groups in total. The van der Waals surface area contributed by atoms with Crippen LogP contribution in [0.25, 0.3) is 5.70 Å². The van der Waals surface area contributed by atoms with Crippen molar-refractivity contribution < 1.29 is 9.53 Å².